The van der Waals surface area contributed by atoms with Crippen molar-refractivity contribution in [2.45, 2.75) is 78.7 Å². The fourth-order valence-electron chi connectivity index (χ4n) is 2.66. The van der Waals surface area contributed by atoms with Crippen LogP contribution in [0.3, 0.4) is 0 Å². The van der Waals surface area contributed by atoms with E-state index in [4.69, 9.17) is 4.74 Å². The van der Waals surface area contributed by atoms with Crippen molar-refractivity contribution in [3.63, 3.8) is 0 Å². The van der Waals surface area contributed by atoms with E-state index in [2.05, 4.69) is 44.1 Å². The Kier molecular flexibility index (Phi) is 16.5. The molecule has 0 radical (unpaired) electrons. The number of hydrogen-bond donors (Lipinski definition) is 1. The van der Waals surface area contributed by atoms with E-state index >= 15 is 0 Å². The third kappa shape index (κ3) is 13.1. The Bertz CT molecular complexity index is 405. The maximum Gasteiger partial charge on any atom is 0.250 e. The van der Waals surface area contributed by atoms with E-state index in [0.29, 0.717) is 19.2 Å². The molecule has 0 aromatic heterocycles. The zero-order chi connectivity index (χ0) is 19.6. The molecule has 4 nitrogen and oxygen atoms in total. The van der Waals surface area contributed by atoms with Gasteiger partial charge in [0.15, 0.2) is 0 Å². The van der Waals surface area contributed by atoms with E-state index in [1.807, 2.05) is 19.1 Å². The number of hydrogen-bond acceptors (Lipinski definition) is 3. The highest BCUT2D eigenvalue weighted by Gasteiger charge is 2.08. The van der Waals surface area contributed by atoms with Gasteiger partial charge < -0.3 is 15.0 Å². The van der Waals surface area contributed by atoms with Crippen LogP contribution < -0.4 is 5.32 Å². The average molecular weight is 367 g/mol. The minimum absolute atomic E-state index is 0.0140. The first-order valence-electron chi connectivity index (χ1n) is 10.5. The molecule has 0 saturated carbocycles. The van der Waals surface area contributed by atoms with E-state index in [1.54, 1.807) is 0 Å². The van der Waals surface area contributed by atoms with Crippen LogP contribution in [0.4, 0.5) is 0 Å². The smallest absolute Gasteiger partial charge is 0.250 e. The number of nitrogens with one attached hydrogen (secondary N) is 1. The molecule has 1 unspecified atom stereocenters. The Morgan fingerprint density at radius 1 is 1.15 bits per heavy atom. The molecule has 0 rings (SSSR count). The molecule has 0 aliphatic rings. The lowest BCUT2D eigenvalue weighted by Gasteiger charge is -2.23. The standard InChI is InChI=1S/C22H42N2O2/c1-6-9-10-11-18-24(5)20(4)15-12-16-21(14-7-2)22(25)23-17-13-19-26-8-3/h12,14,16,20H,6-11,13,15,17-19H2,1-5H3,(H,23,25)/b16-12-,21-14+. The summed E-state index contributed by atoms with van der Waals surface area (Å²) in [6.07, 6.45) is 14.0. The maximum atomic E-state index is 12.3. The molecule has 0 aliphatic carbocycles. The van der Waals surface area contributed by atoms with Crippen LogP contribution in [0.15, 0.2) is 23.8 Å². The molecular formula is C22H42N2O2. The maximum absolute atomic E-state index is 12.3. The summed E-state index contributed by atoms with van der Waals surface area (Å²) in [4.78, 5) is 14.7. The van der Waals surface area contributed by atoms with Crippen LogP contribution in [0.2, 0.25) is 0 Å². The van der Waals surface area contributed by atoms with Crippen LogP contribution >= 0.6 is 0 Å². The number of unbranched alkanes of at least 4 members (excludes halogenated alkanes) is 3. The van der Waals surface area contributed by atoms with Crippen molar-refractivity contribution >= 4 is 5.91 Å². The van der Waals surface area contributed by atoms with E-state index in [9.17, 15) is 4.79 Å². The lowest BCUT2D eigenvalue weighted by atomic mass is 10.1. The van der Waals surface area contributed by atoms with E-state index in [1.165, 1.54) is 25.7 Å². The van der Waals surface area contributed by atoms with Crippen molar-refractivity contribution in [3.8, 4) is 0 Å². The van der Waals surface area contributed by atoms with Gasteiger partial charge in [0.2, 0.25) is 0 Å². The number of carbonyl (C=O) groups excluding carboxylic acids is 1. The van der Waals surface area contributed by atoms with Crippen LogP contribution in [-0.2, 0) is 9.53 Å². The minimum Gasteiger partial charge on any atom is -0.382 e. The van der Waals surface area contributed by atoms with Gasteiger partial charge in [0, 0.05) is 31.4 Å². The van der Waals surface area contributed by atoms with Crippen molar-refractivity contribution in [1.82, 2.24) is 10.2 Å². The number of rotatable bonds is 16. The predicted molar refractivity (Wildman–Crippen MR) is 112 cm³/mol. The lowest BCUT2D eigenvalue weighted by molar-refractivity contribution is -0.117. The molecule has 0 saturated heterocycles. The summed E-state index contributed by atoms with van der Waals surface area (Å²) in [5.41, 5.74) is 0.765. The summed E-state index contributed by atoms with van der Waals surface area (Å²) in [5.74, 6) is 0.0140. The lowest BCUT2D eigenvalue weighted by Crippen LogP contribution is -2.29. The van der Waals surface area contributed by atoms with Crippen molar-refractivity contribution in [1.29, 1.82) is 0 Å². The molecule has 0 aromatic carbocycles. The second-order valence-electron chi connectivity index (χ2n) is 6.90. The van der Waals surface area contributed by atoms with Gasteiger partial charge in [-0.25, -0.2) is 0 Å². The predicted octanol–water partition coefficient (Wildman–Crippen LogP) is 4.71. The van der Waals surface area contributed by atoms with Gasteiger partial charge in [0.1, 0.15) is 0 Å². The SMILES string of the molecule is CC/C=C(\C=C/CC(C)N(C)CCCCCC)C(=O)NCCCOCC. The first kappa shape index (κ1) is 24.9. The Morgan fingerprint density at radius 3 is 2.58 bits per heavy atom. The molecule has 0 spiro atoms. The van der Waals surface area contributed by atoms with Crippen molar-refractivity contribution < 1.29 is 9.53 Å². The monoisotopic (exact) mass is 366 g/mol. The van der Waals surface area contributed by atoms with Crippen LogP contribution in [0, 0.1) is 0 Å². The van der Waals surface area contributed by atoms with E-state index in [-0.39, 0.29) is 5.91 Å². The Morgan fingerprint density at radius 2 is 1.92 bits per heavy atom. The third-order valence-corrected chi connectivity index (χ3v) is 4.53. The summed E-state index contributed by atoms with van der Waals surface area (Å²) >= 11 is 0. The molecule has 1 N–H and O–H groups in total. The number of amides is 1. The average Bonchev–Trinajstić information content (AvgIpc) is 2.63. The Labute approximate surface area is 162 Å². The van der Waals surface area contributed by atoms with E-state index in [0.717, 1.165) is 38.0 Å². The van der Waals surface area contributed by atoms with Gasteiger partial charge in [-0.2, -0.15) is 0 Å². The molecular weight excluding hydrogens is 324 g/mol. The van der Waals surface area contributed by atoms with Gasteiger partial charge in [-0.05, 0) is 53.1 Å². The second kappa shape index (κ2) is 17.3. The Balaban J connectivity index is 4.26. The summed E-state index contributed by atoms with van der Waals surface area (Å²) in [6.45, 7) is 11.8. The van der Waals surface area contributed by atoms with Gasteiger partial charge >= 0.3 is 0 Å². The van der Waals surface area contributed by atoms with Gasteiger partial charge in [0.25, 0.3) is 5.91 Å². The number of nitrogens with zero attached hydrogens (tertiary/aromatic N) is 1. The molecule has 26 heavy (non-hydrogen) atoms. The fourth-order valence-corrected chi connectivity index (χ4v) is 2.66. The number of carbonyl (C=O) groups is 1. The van der Waals surface area contributed by atoms with Crippen LogP contribution in [0.1, 0.15) is 72.6 Å². The summed E-state index contributed by atoms with van der Waals surface area (Å²) in [6, 6.07) is 0.491. The van der Waals surface area contributed by atoms with Gasteiger partial charge in [-0.3, -0.25) is 4.79 Å². The number of ether oxygens (including phenoxy) is 1. The topological polar surface area (TPSA) is 41.6 Å². The fraction of sp³-hybridized carbons (Fsp3) is 0.773. The van der Waals surface area contributed by atoms with Gasteiger partial charge in [-0.15, -0.1) is 0 Å². The quantitative estimate of drug-likeness (QED) is 0.244. The Hall–Kier alpha value is -1.13. The third-order valence-electron chi connectivity index (χ3n) is 4.53. The summed E-state index contributed by atoms with van der Waals surface area (Å²) in [7, 11) is 2.19. The first-order chi connectivity index (χ1) is 12.6. The zero-order valence-electron chi connectivity index (χ0n) is 17.9. The summed E-state index contributed by atoms with van der Waals surface area (Å²) in [5, 5.41) is 2.98. The van der Waals surface area contributed by atoms with E-state index < -0.39 is 0 Å². The minimum atomic E-state index is 0.0140. The molecule has 0 heterocycles. The molecule has 0 fully saturated rings. The summed E-state index contributed by atoms with van der Waals surface area (Å²) < 4.78 is 5.29. The van der Waals surface area contributed by atoms with Gasteiger partial charge in [-0.1, -0.05) is 51.3 Å². The molecule has 4 heteroatoms. The largest absolute Gasteiger partial charge is 0.382 e. The van der Waals surface area contributed by atoms with Crippen molar-refractivity contribution in [2.24, 2.45) is 0 Å². The highest BCUT2D eigenvalue weighted by molar-refractivity contribution is 5.96. The molecule has 1 atom stereocenters. The highest BCUT2D eigenvalue weighted by atomic mass is 16.5. The highest BCUT2D eigenvalue weighted by Crippen LogP contribution is 2.08. The molecule has 0 aliphatic heterocycles. The molecule has 0 bridgehead atoms. The van der Waals surface area contributed by atoms with Crippen molar-refractivity contribution in [3.05, 3.63) is 23.8 Å². The molecule has 1 amide bonds. The zero-order valence-corrected chi connectivity index (χ0v) is 17.9. The van der Waals surface area contributed by atoms with Gasteiger partial charge in [0.05, 0.1) is 0 Å². The molecule has 152 valence electrons. The number of allylic oxidation sites excluding steroid dienone is 1. The van der Waals surface area contributed by atoms with Crippen LogP contribution in [0.25, 0.3) is 0 Å². The van der Waals surface area contributed by atoms with Crippen LogP contribution in [-0.4, -0.2) is 50.2 Å². The second-order valence-corrected chi connectivity index (χ2v) is 6.90. The molecule has 0 aromatic rings. The first-order valence-corrected chi connectivity index (χ1v) is 10.5. The van der Waals surface area contributed by atoms with Crippen molar-refractivity contribution in [2.75, 3.05) is 33.4 Å². The van der Waals surface area contributed by atoms with Crippen LogP contribution in [0.5, 0.6) is 0 Å². The normalized spacial score (nSPS) is 13.5.